The van der Waals surface area contributed by atoms with Crippen molar-refractivity contribution in [2.24, 2.45) is 0 Å². The largest absolute Gasteiger partial charge is 0.319 e. The molecule has 106 valence electrons. The molecule has 0 spiro atoms. The lowest BCUT2D eigenvalue weighted by atomic mass is 10.3. The molecule has 0 unspecified atom stereocenters. The van der Waals surface area contributed by atoms with Crippen LogP contribution in [0.25, 0.3) is 0 Å². The smallest absolute Gasteiger partial charge is 0.295 e. The van der Waals surface area contributed by atoms with Crippen LogP contribution in [-0.2, 0) is 10.0 Å². The van der Waals surface area contributed by atoms with Crippen molar-refractivity contribution in [2.75, 3.05) is 12.4 Å². The third kappa shape index (κ3) is 3.00. The van der Waals surface area contributed by atoms with Crippen molar-refractivity contribution in [3.63, 3.8) is 0 Å². The van der Waals surface area contributed by atoms with Gasteiger partial charge in [0.15, 0.2) is 0 Å². The van der Waals surface area contributed by atoms with Crippen LogP contribution in [0.2, 0.25) is 0 Å². The van der Waals surface area contributed by atoms with Gasteiger partial charge >= 0.3 is 0 Å². The molecule has 1 aromatic heterocycles. The number of amides is 1. The van der Waals surface area contributed by atoms with Crippen molar-refractivity contribution in [3.8, 4) is 0 Å². The topological polar surface area (TPSA) is 117 Å². The molecule has 0 radical (unpaired) electrons. The minimum Gasteiger partial charge on any atom is -0.319 e. The summed E-state index contributed by atoms with van der Waals surface area (Å²) >= 11 is 0. The average Bonchev–Trinajstić information content (AvgIpc) is 2.86. The van der Waals surface area contributed by atoms with Crippen molar-refractivity contribution in [1.82, 2.24) is 19.9 Å². The molecule has 0 fully saturated rings. The third-order valence-corrected chi connectivity index (χ3v) is 3.92. The first kappa shape index (κ1) is 14.2. The molecule has 0 atom stereocenters. The van der Waals surface area contributed by atoms with Crippen molar-refractivity contribution in [1.29, 1.82) is 0 Å². The second-order valence-corrected chi connectivity index (χ2v) is 5.82. The van der Waals surface area contributed by atoms with Gasteiger partial charge in [0.25, 0.3) is 5.91 Å². The van der Waals surface area contributed by atoms with E-state index in [0.717, 1.165) is 0 Å². The van der Waals surface area contributed by atoms with Crippen molar-refractivity contribution < 1.29 is 13.2 Å². The molecule has 0 saturated heterocycles. The lowest BCUT2D eigenvalue weighted by Crippen LogP contribution is -2.18. The Kier molecular flexibility index (Phi) is 3.81. The van der Waals surface area contributed by atoms with Crippen LogP contribution < -0.4 is 10.0 Å². The molecule has 3 N–H and O–H groups in total. The Morgan fingerprint density at radius 2 is 1.90 bits per heavy atom. The first-order valence-electron chi connectivity index (χ1n) is 5.66. The molecule has 0 aliphatic rings. The number of nitrogens with zero attached hydrogens (tertiary/aromatic N) is 2. The number of carbonyl (C=O) groups is 1. The standard InChI is InChI=1S/C11H13N5O3S/c1-7-13-10(16-15-7)11(17)14-8-3-5-9(6-4-8)20(18,19)12-2/h3-6,12H,1-2H3,(H,14,17)(H,13,15,16). The molecule has 2 rings (SSSR count). The van der Waals surface area contributed by atoms with Crippen molar-refractivity contribution in [3.05, 3.63) is 35.9 Å². The van der Waals surface area contributed by atoms with Crippen LogP contribution in [0.1, 0.15) is 16.4 Å². The van der Waals surface area contributed by atoms with Gasteiger partial charge in [-0.15, -0.1) is 5.10 Å². The van der Waals surface area contributed by atoms with Gasteiger partial charge in [-0.25, -0.2) is 18.1 Å². The van der Waals surface area contributed by atoms with E-state index in [9.17, 15) is 13.2 Å². The summed E-state index contributed by atoms with van der Waals surface area (Å²) in [5, 5.41) is 8.86. The highest BCUT2D eigenvalue weighted by Gasteiger charge is 2.13. The number of nitrogens with one attached hydrogen (secondary N) is 3. The summed E-state index contributed by atoms with van der Waals surface area (Å²) < 4.78 is 25.3. The van der Waals surface area contributed by atoms with Crippen LogP contribution in [0, 0.1) is 6.92 Å². The van der Waals surface area contributed by atoms with E-state index < -0.39 is 15.9 Å². The van der Waals surface area contributed by atoms with Gasteiger partial charge in [-0.3, -0.25) is 9.89 Å². The molecule has 1 heterocycles. The molecular formula is C11H13N5O3S. The van der Waals surface area contributed by atoms with Crippen LogP contribution in [0.15, 0.2) is 29.2 Å². The normalized spacial score (nSPS) is 11.3. The molecule has 1 aromatic carbocycles. The van der Waals surface area contributed by atoms with E-state index in [1.165, 1.54) is 31.3 Å². The molecule has 0 aliphatic carbocycles. The molecule has 20 heavy (non-hydrogen) atoms. The van der Waals surface area contributed by atoms with Gasteiger partial charge in [0.2, 0.25) is 15.8 Å². The summed E-state index contributed by atoms with van der Waals surface area (Å²) in [7, 11) is -2.15. The van der Waals surface area contributed by atoms with Crippen LogP contribution in [0.5, 0.6) is 0 Å². The summed E-state index contributed by atoms with van der Waals surface area (Å²) in [5.74, 6) is 0.0820. The first-order valence-corrected chi connectivity index (χ1v) is 7.14. The molecule has 0 bridgehead atoms. The van der Waals surface area contributed by atoms with Gasteiger partial charge in [-0.1, -0.05) is 0 Å². The lowest BCUT2D eigenvalue weighted by Gasteiger charge is -2.05. The zero-order chi connectivity index (χ0) is 14.8. The minimum absolute atomic E-state index is 0.0226. The molecule has 8 nitrogen and oxygen atoms in total. The quantitative estimate of drug-likeness (QED) is 0.748. The van der Waals surface area contributed by atoms with Crippen molar-refractivity contribution in [2.45, 2.75) is 11.8 Å². The van der Waals surface area contributed by atoms with Crippen LogP contribution in [0.3, 0.4) is 0 Å². The van der Waals surface area contributed by atoms with Gasteiger partial charge < -0.3 is 5.32 Å². The SMILES string of the molecule is CNS(=O)(=O)c1ccc(NC(=O)c2n[nH]c(C)n2)cc1. The summed E-state index contributed by atoms with van der Waals surface area (Å²) in [5.41, 5.74) is 0.451. The maximum Gasteiger partial charge on any atom is 0.295 e. The Labute approximate surface area is 115 Å². The number of rotatable bonds is 4. The average molecular weight is 295 g/mol. The fraction of sp³-hybridized carbons (Fsp3) is 0.182. The molecule has 2 aromatic rings. The van der Waals surface area contributed by atoms with Gasteiger partial charge in [0.05, 0.1) is 4.90 Å². The Bertz CT molecular complexity index is 721. The fourth-order valence-electron chi connectivity index (χ4n) is 1.47. The van der Waals surface area contributed by atoms with Gasteiger partial charge in [-0.05, 0) is 38.2 Å². The predicted octanol–water partition coefficient (Wildman–Crippen LogP) is 0.274. The number of aromatic amines is 1. The number of benzene rings is 1. The maximum atomic E-state index is 11.8. The Hall–Kier alpha value is -2.26. The van der Waals surface area contributed by atoms with E-state index in [2.05, 4.69) is 25.2 Å². The number of H-pyrrole nitrogens is 1. The second-order valence-electron chi connectivity index (χ2n) is 3.93. The Morgan fingerprint density at radius 1 is 1.25 bits per heavy atom. The summed E-state index contributed by atoms with van der Waals surface area (Å²) in [6, 6.07) is 5.76. The summed E-state index contributed by atoms with van der Waals surface area (Å²) in [4.78, 5) is 15.8. The van der Waals surface area contributed by atoms with Crippen molar-refractivity contribution >= 4 is 21.6 Å². The monoisotopic (exact) mass is 295 g/mol. The zero-order valence-electron chi connectivity index (χ0n) is 10.8. The van der Waals surface area contributed by atoms with Gasteiger partial charge in [-0.2, -0.15) is 0 Å². The highest BCUT2D eigenvalue weighted by Crippen LogP contribution is 2.14. The highest BCUT2D eigenvalue weighted by molar-refractivity contribution is 7.89. The molecule has 0 saturated carbocycles. The molecular weight excluding hydrogens is 282 g/mol. The third-order valence-electron chi connectivity index (χ3n) is 2.49. The van der Waals surface area contributed by atoms with E-state index in [1.54, 1.807) is 6.92 Å². The molecule has 0 aliphatic heterocycles. The number of sulfonamides is 1. The number of aromatic nitrogens is 3. The molecule has 9 heteroatoms. The predicted molar refractivity (Wildman–Crippen MR) is 71.8 cm³/mol. The first-order chi connectivity index (χ1) is 9.42. The Balaban J connectivity index is 2.14. The van der Waals surface area contributed by atoms with E-state index in [0.29, 0.717) is 11.5 Å². The van der Waals surface area contributed by atoms with E-state index in [-0.39, 0.29) is 10.7 Å². The summed E-state index contributed by atoms with van der Waals surface area (Å²) in [6.45, 7) is 1.68. The van der Waals surface area contributed by atoms with Crippen LogP contribution >= 0.6 is 0 Å². The zero-order valence-corrected chi connectivity index (χ0v) is 11.7. The number of aryl methyl sites for hydroxylation is 1. The van der Waals surface area contributed by atoms with E-state index >= 15 is 0 Å². The number of hydrogen-bond acceptors (Lipinski definition) is 5. The Morgan fingerprint density at radius 3 is 2.40 bits per heavy atom. The van der Waals surface area contributed by atoms with Crippen LogP contribution in [0.4, 0.5) is 5.69 Å². The van der Waals surface area contributed by atoms with E-state index in [4.69, 9.17) is 0 Å². The second kappa shape index (κ2) is 5.39. The fourth-order valence-corrected chi connectivity index (χ4v) is 2.20. The summed E-state index contributed by atoms with van der Waals surface area (Å²) in [6.07, 6.45) is 0. The highest BCUT2D eigenvalue weighted by atomic mass is 32.2. The minimum atomic E-state index is -3.48. The maximum absolute atomic E-state index is 11.8. The van der Waals surface area contributed by atoms with Gasteiger partial charge in [0, 0.05) is 5.69 Å². The van der Waals surface area contributed by atoms with E-state index in [1.807, 2.05) is 0 Å². The number of hydrogen-bond donors (Lipinski definition) is 3. The van der Waals surface area contributed by atoms with Gasteiger partial charge in [0.1, 0.15) is 5.82 Å². The number of anilines is 1. The lowest BCUT2D eigenvalue weighted by molar-refractivity contribution is 0.101. The molecule has 1 amide bonds. The van der Waals surface area contributed by atoms with Crippen LogP contribution in [-0.4, -0.2) is 36.6 Å². The number of carbonyl (C=O) groups excluding carboxylic acids is 1.